The minimum atomic E-state index is 0.651. The van der Waals surface area contributed by atoms with Gasteiger partial charge in [0.1, 0.15) is 0 Å². The van der Waals surface area contributed by atoms with Gasteiger partial charge >= 0.3 is 0 Å². The van der Waals surface area contributed by atoms with E-state index >= 15 is 0 Å². The Morgan fingerprint density at radius 1 is 1.50 bits per heavy atom. The molecule has 1 saturated carbocycles. The summed E-state index contributed by atoms with van der Waals surface area (Å²) in [5.41, 5.74) is 0. The minimum absolute atomic E-state index is 0.651. The van der Waals surface area contributed by atoms with Crippen molar-refractivity contribution in [2.75, 3.05) is 27.3 Å². The monoisotopic (exact) mass is 216 g/mol. The van der Waals surface area contributed by atoms with Crippen LogP contribution in [0.4, 0.5) is 0 Å². The second kappa shape index (κ2) is 6.19. The number of thiocarbonyl (C=S) groups is 1. The molecule has 14 heavy (non-hydrogen) atoms. The van der Waals surface area contributed by atoms with Crippen molar-refractivity contribution in [2.45, 2.75) is 31.7 Å². The summed E-state index contributed by atoms with van der Waals surface area (Å²) in [6, 6.07) is 0.651. The van der Waals surface area contributed by atoms with E-state index in [1.54, 1.807) is 7.11 Å². The van der Waals surface area contributed by atoms with E-state index in [1.165, 1.54) is 25.7 Å². The summed E-state index contributed by atoms with van der Waals surface area (Å²) in [6.07, 6.45) is 5.25. The Bertz CT molecular complexity index is 181. The van der Waals surface area contributed by atoms with Gasteiger partial charge in [-0.05, 0) is 25.1 Å². The first-order chi connectivity index (χ1) is 6.75. The number of ether oxygens (including phenoxy) is 1. The third-order valence-electron chi connectivity index (χ3n) is 2.78. The predicted octanol–water partition coefficient (Wildman–Crippen LogP) is 1.38. The van der Waals surface area contributed by atoms with Crippen molar-refractivity contribution >= 4 is 17.3 Å². The Morgan fingerprint density at radius 2 is 2.14 bits per heavy atom. The van der Waals surface area contributed by atoms with Gasteiger partial charge in [0.05, 0.1) is 6.61 Å². The van der Waals surface area contributed by atoms with Gasteiger partial charge in [0.2, 0.25) is 0 Å². The van der Waals surface area contributed by atoms with Crippen LogP contribution in [0, 0.1) is 0 Å². The highest BCUT2D eigenvalue weighted by Crippen LogP contribution is 2.22. The van der Waals surface area contributed by atoms with Crippen LogP contribution in [0.1, 0.15) is 25.7 Å². The molecule has 0 aromatic carbocycles. The van der Waals surface area contributed by atoms with Gasteiger partial charge in [-0.3, -0.25) is 0 Å². The van der Waals surface area contributed by atoms with E-state index in [-0.39, 0.29) is 0 Å². The third-order valence-corrected chi connectivity index (χ3v) is 3.21. The van der Waals surface area contributed by atoms with E-state index in [0.29, 0.717) is 12.6 Å². The fourth-order valence-electron chi connectivity index (χ4n) is 1.84. The molecule has 4 heteroatoms. The van der Waals surface area contributed by atoms with Crippen molar-refractivity contribution in [3.05, 3.63) is 0 Å². The smallest absolute Gasteiger partial charge is 0.169 e. The van der Waals surface area contributed by atoms with Crippen LogP contribution in [0.15, 0.2) is 0 Å². The van der Waals surface area contributed by atoms with E-state index in [1.807, 2.05) is 0 Å². The summed E-state index contributed by atoms with van der Waals surface area (Å²) in [5.74, 6) is 0. The maximum atomic E-state index is 5.29. The molecule has 0 amide bonds. The number of hydrogen-bond acceptors (Lipinski definition) is 2. The van der Waals surface area contributed by atoms with Crippen molar-refractivity contribution in [1.29, 1.82) is 0 Å². The summed E-state index contributed by atoms with van der Waals surface area (Å²) in [7, 11) is 3.78. The maximum Gasteiger partial charge on any atom is 0.169 e. The number of methoxy groups -OCH3 is 1. The van der Waals surface area contributed by atoms with Gasteiger partial charge in [0.25, 0.3) is 0 Å². The lowest BCUT2D eigenvalue weighted by atomic mass is 10.2. The molecule has 0 spiro atoms. The first-order valence-electron chi connectivity index (χ1n) is 5.25. The van der Waals surface area contributed by atoms with Crippen LogP contribution in [0.5, 0.6) is 0 Å². The molecule has 0 aromatic heterocycles. The zero-order valence-corrected chi connectivity index (χ0v) is 9.90. The minimum Gasteiger partial charge on any atom is -0.383 e. The molecule has 3 nitrogen and oxygen atoms in total. The normalized spacial score (nSPS) is 17.0. The molecule has 1 N–H and O–H groups in total. The van der Waals surface area contributed by atoms with Gasteiger partial charge < -0.3 is 15.0 Å². The van der Waals surface area contributed by atoms with Gasteiger partial charge in [-0.15, -0.1) is 0 Å². The second-order valence-corrected chi connectivity index (χ2v) is 4.16. The number of nitrogens with one attached hydrogen (secondary N) is 1. The summed E-state index contributed by atoms with van der Waals surface area (Å²) in [6.45, 7) is 1.50. The van der Waals surface area contributed by atoms with Crippen LogP contribution in [-0.2, 0) is 4.74 Å². The van der Waals surface area contributed by atoms with Crippen LogP contribution in [0.2, 0.25) is 0 Å². The SMILES string of the molecule is COCCNC(=S)N(C)C1CCCC1. The molecule has 1 aliphatic rings. The van der Waals surface area contributed by atoms with E-state index in [4.69, 9.17) is 17.0 Å². The van der Waals surface area contributed by atoms with Gasteiger partial charge in [-0.25, -0.2) is 0 Å². The van der Waals surface area contributed by atoms with Crippen LogP contribution in [0.25, 0.3) is 0 Å². The average molecular weight is 216 g/mol. The number of rotatable bonds is 4. The van der Waals surface area contributed by atoms with E-state index in [0.717, 1.165) is 11.7 Å². The molecular formula is C10H20N2OS. The molecule has 0 heterocycles. The van der Waals surface area contributed by atoms with Gasteiger partial charge in [-0.1, -0.05) is 12.8 Å². The molecule has 0 unspecified atom stereocenters. The zero-order valence-electron chi connectivity index (χ0n) is 9.08. The van der Waals surface area contributed by atoms with Crippen molar-refractivity contribution in [3.63, 3.8) is 0 Å². The van der Waals surface area contributed by atoms with Gasteiger partial charge in [0, 0.05) is 26.7 Å². The first-order valence-corrected chi connectivity index (χ1v) is 5.66. The predicted molar refractivity (Wildman–Crippen MR) is 62.5 cm³/mol. The van der Waals surface area contributed by atoms with Crippen molar-refractivity contribution in [2.24, 2.45) is 0 Å². The van der Waals surface area contributed by atoms with E-state index in [2.05, 4.69) is 17.3 Å². The molecule has 1 rings (SSSR count). The van der Waals surface area contributed by atoms with Gasteiger partial charge in [-0.2, -0.15) is 0 Å². The average Bonchev–Trinajstić information content (AvgIpc) is 2.69. The Labute approximate surface area is 91.8 Å². The molecule has 82 valence electrons. The lowest BCUT2D eigenvalue weighted by molar-refractivity contribution is 0.202. The fraction of sp³-hybridized carbons (Fsp3) is 0.900. The van der Waals surface area contributed by atoms with Crippen LogP contribution >= 0.6 is 12.2 Å². The van der Waals surface area contributed by atoms with Crippen LogP contribution in [0.3, 0.4) is 0 Å². The first kappa shape index (κ1) is 11.7. The standard InChI is InChI=1S/C10H20N2OS/c1-12(9-5-3-4-6-9)10(14)11-7-8-13-2/h9H,3-8H2,1-2H3,(H,11,14). The highest BCUT2D eigenvalue weighted by Gasteiger charge is 2.20. The Kier molecular flexibility index (Phi) is 5.19. The molecule has 0 atom stereocenters. The van der Waals surface area contributed by atoms with E-state index in [9.17, 15) is 0 Å². The summed E-state index contributed by atoms with van der Waals surface area (Å²) >= 11 is 5.29. The van der Waals surface area contributed by atoms with Crippen molar-refractivity contribution in [3.8, 4) is 0 Å². The summed E-state index contributed by atoms with van der Waals surface area (Å²) in [5, 5.41) is 4.05. The van der Waals surface area contributed by atoms with Crippen LogP contribution in [-0.4, -0.2) is 43.4 Å². The van der Waals surface area contributed by atoms with Crippen LogP contribution < -0.4 is 5.32 Å². The lowest BCUT2D eigenvalue weighted by Crippen LogP contribution is -2.43. The summed E-state index contributed by atoms with van der Waals surface area (Å²) < 4.78 is 4.96. The molecule has 0 saturated heterocycles. The lowest BCUT2D eigenvalue weighted by Gasteiger charge is -2.27. The molecular weight excluding hydrogens is 196 g/mol. The quantitative estimate of drug-likeness (QED) is 0.567. The fourth-order valence-corrected chi connectivity index (χ4v) is 2.09. The van der Waals surface area contributed by atoms with E-state index < -0.39 is 0 Å². The number of hydrogen-bond donors (Lipinski definition) is 1. The largest absolute Gasteiger partial charge is 0.383 e. The van der Waals surface area contributed by atoms with Crippen molar-refractivity contribution in [1.82, 2.24) is 10.2 Å². The highest BCUT2D eigenvalue weighted by molar-refractivity contribution is 7.80. The molecule has 0 radical (unpaired) electrons. The highest BCUT2D eigenvalue weighted by atomic mass is 32.1. The third kappa shape index (κ3) is 3.42. The Balaban J connectivity index is 2.21. The van der Waals surface area contributed by atoms with Crippen molar-refractivity contribution < 1.29 is 4.74 Å². The maximum absolute atomic E-state index is 5.29. The Hall–Kier alpha value is -0.350. The zero-order chi connectivity index (χ0) is 10.4. The molecule has 1 fully saturated rings. The topological polar surface area (TPSA) is 24.5 Å². The molecule has 0 aliphatic heterocycles. The summed E-state index contributed by atoms with van der Waals surface area (Å²) in [4.78, 5) is 2.19. The Morgan fingerprint density at radius 3 is 2.71 bits per heavy atom. The molecule has 1 aliphatic carbocycles. The number of nitrogens with zero attached hydrogens (tertiary/aromatic N) is 1. The second-order valence-electron chi connectivity index (χ2n) is 3.77. The van der Waals surface area contributed by atoms with Gasteiger partial charge in [0.15, 0.2) is 5.11 Å². The molecule has 0 bridgehead atoms. The molecule has 0 aromatic rings.